The molecular formula is C22H34FIN4O2. The number of rotatable bonds is 6. The van der Waals surface area contributed by atoms with Crippen molar-refractivity contribution in [2.75, 3.05) is 19.6 Å². The zero-order valence-corrected chi connectivity index (χ0v) is 20.0. The van der Waals surface area contributed by atoms with Crippen molar-refractivity contribution in [3.63, 3.8) is 0 Å². The van der Waals surface area contributed by atoms with Crippen LogP contribution in [0, 0.1) is 11.7 Å². The molecule has 1 saturated carbocycles. The van der Waals surface area contributed by atoms with Crippen molar-refractivity contribution in [2.24, 2.45) is 10.9 Å². The first-order valence-electron chi connectivity index (χ1n) is 10.8. The van der Waals surface area contributed by atoms with Crippen molar-refractivity contribution in [1.82, 2.24) is 15.5 Å². The zero-order chi connectivity index (χ0) is 20.6. The highest BCUT2D eigenvalue weighted by molar-refractivity contribution is 14.0. The van der Waals surface area contributed by atoms with Gasteiger partial charge in [0.05, 0.1) is 13.2 Å². The summed E-state index contributed by atoms with van der Waals surface area (Å²) in [6.07, 6.45) is 6.57. The lowest BCUT2D eigenvalue weighted by molar-refractivity contribution is -0.135. The number of halogens is 2. The van der Waals surface area contributed by atoms with Crippen molar-refractivity contribution in [1.29, 1.82) is 0 Å². The maximum Gasteiger partial charge on any atom is 0.225 e. The topological polar surface area (TPSA) is 77.0 Å². The number of carbonyl (C=O) groups excluding carboxylic acids is 1. The Balaban J connectivity index is 0.00000320. The number of nitrogens with one attached hydrogen (secondary N) is 2. The summed E-state index contributed by atoms with van der Waals surface area (Å²) in [6, 6.07) is 4.87. The lowest BCUT2D eigenvalue weighted by Gasteiger charge is -2.26. The second-order valence-electron chi connectivity index (χ2n) is 8.03. The van der Waals surface area contributed by atoms with Crippen LogP contribution in [0.3, 0.4) is 0 Å². The SMILES string of the molecule is CCNC(=NCc1ccc(F)c(CO)c1)NC1CCN(C(=O)C2CCCCC2)C1.I. The highest BCUT2D eigenvalue weighted by Gasteiger charge is 2.31. The van der Waals surface area contributed by atoms with Gasteiger partial charge in [0.15, 0.2) is 5.96 Å². The predicted octanol–water partition coefficient (Wildman–Crippen LogP) is 3.17. The molecule has 8 heteroatoms. The molecular weight excluding hydrogens is 498 g/mol. The third-order valence-electron chi connectivity index (χ3n) is 5.84. The molecule has 0 aromatic heterocycles. The molecule has 168 valence electrons. The van der Waals surface area contributed by atoms with Crippen LogP contribution >= 0.6 is 24.0 Å². The Morgan fingerprint density at radius 2 is 2.03 bits per heavy atom. The Bertz CT molecular complexity index is 725. The van der Waals surface area contributed by atoms with E-state index in [1.165, 1.54) is 25.3 Å². The molecule has 0 spiro atoms. The minimum Gasteiger partial charge on any atom is -0.392 e. The fourth-order valence-electron chi connectivity index (χ4n) is 4.22. The van der Waals surface area contributed by atoms with E-state index >= 15 is 0 Å². The average molecular weight is 532 g/mol. The van der Waals surface area contributed by atoms with Gasteiger partial charge in [0, 0.05) is 37.2 Å². The molecule has 2 aliphatic rings. The second-order valence-corrected chi connectivity index (χ2v) is 8.03. The summed E-state index contributed by atoms with van der Waals surface area (Å²) in [6.45, 7) is 4.31. The second kappa shape index (κ2) is 12.4. The van der Waals surface area contributed by atoms with Crippen LogP contribution in [0.2, 0.25) is 0 Å². The van der Waals surface area contributed by atoms with E-state index < -0.39 is 5.82 Å². The molecule has 1 heterocycles. The standard InChI is InChI=1S/C22H33FN4O2.HI/c1-2-24-22(25-13-16-8-9-20(23)18(12-16)15-28)26-19-10-11-27(14-19)21(29)17-6-4-3-5-7-17;/h8-9,12,17,19,28H,2-7,10-11,13-15H2,1H3,(H2,24,25,26);1H. The molecule has 3 N–H and O–H groups in total. The minimum absolute atomic E-state index is 0. The molecule has 1 aliphatic carbocycles. The number of nitrogens with zero attached hydrogens (tertiary/aromatic N) is 2. The number of aliphatic imine (C=N–C) groups is 1. The number of carbonyl (C=O) groups is 1. The van der Waals surface area contributed by atoms with E-state index in [1.54, 1.807) is 12.1 Å². The molecule has 30 heavy (non-hydrogen) atoms. The van der Waals surface area contributed by atoms with Gasteiger partial charge >= 0.3 is 0 Å². The highest BCUT2D eigenvalue weighted by atomic mass is 127. The number of amides is 1. The van der Waals surface area contributed by atoms with Gasteiger partial charge < -0.3 is 20.6 Å². The molecule has 1 aromatic rings. The van der Waals surface area contributed by atoms with Crippen molar-refractivity contribution in [3.8, 4) is 0 Å². The molecule has 6 nitrogen and oxygen atoms in total. The molecule has 1 aliphatic heterocycles. The fraction of sp³-hybridized carbons (Fsp3) is 0.636. The number of hydrogen-bond donors (Lipinski definition) is 3. The molecule has 0 radical (unpaired) electrons. The molecule has 2 fully saturated rings. The van der Waals surface area contributed by atoms with Gasteiger partial charge in [-0.1, -0.05) is 25.3 Å². The van der Waals surface area contributed by atoms with E-state index in [9.17, 15) is 14.3 Å². The van der Waals surface area contributed by atoms with Crippen molar-refractivity contribution >= 4 is 35.8 Å². The van der Waals surface area contributed by atoms with Crippen LogP contribution in [0.4, 0.5) is 4.39 Å². The average Bonchev–Trinajstić information content (AvgIpc) is 3.21. The summed E-state index contributed by atoms with van der Waals surface area (Å²) in [7, 11) is 0. The molecule has 3 rings (SSSR count). The summed E-state index contributed by atoms with van der Waals surface area (Å²) < 4.78 is 13.5. The summed E-state index contributed by atoms with van der Waals surface area (Å²) in [4.78, 5) is 19.4. The van der Waals surface area contributed by atoms with Crippen LogP contribution in [0.5, 0.6) is 0 Å². The van der Waals surface area contributed by atoms with Gasteiger partial charge in [-0.25, -0.2) is 9.38 Å². The maximum absolute atomic E-state index is 13.5. The number of guanidine groups is 1. The van der Waals surface area contributed by atoms with E-state index in [1.807, 2.05) is 11.8 Å². The van der Waals surface area contributed by atoms with Crippen LogP contribution in [-0.2, 0) is 17.9 Å². The van der Waals surface area contributed by atoms with Crippen molar-refractivity contribution in [3.05, 3.63) is 35.1 Å². The zero-order valence-electron chi connectivity index (χ0n) is 17.7. The Morgan fingerprint density at radius 1 is 1.27 bits per heavy atom. The van der Waals surface area contributed by atoms with E-state index in [2.05, 4.69) is 15.6 Å². The summed E-state index contributed by atoms with van der Waals surface area (Å²) >= 11 is 0. The van der Waals surface area contributed by atoms with Gasteiger partial charge in [0.2, 0.25) is 5.91 Å². The van der Waals surface area contributed by atoms with Gasteiger partial charge in [0.1, 0.15) is 5.82 Å². The Morgan fingerprint density at radius 3 is 2.73 bits per heavy atom. The van der Waals surface area contributed by atoms with Crippen LogP contribution in [-0.4, -0.2) is 47.5 Å². The molecule has 1 amide bonds. The van der Waals surface area contributed by atoms with Crippen LogP contribution in [0.25, 0.3) is 0 Å². The maximum atomic E-state index is 13.5. The molecule has 1 saturated heterocycles. The first kappa shape index (κ1) is 24.8. The van der Waals surface area contributed by atoms with Crippen molar-refractivity contribution < 1.29 is 14.3 Å². The number of aliphatic hydroxyl groups is 1. The largest absolute Gasteiger partial charge is 0.392 e. The van der Waals surface area contributed by atoms with Crippen LogP contribution in [0.1, 0.15) is 56.6 Å². The van der Waals surface area contributed by atoms with Crippen LogP contribution < -0.4 is 10.6 Å². The fourth-order valence-corrected chi connectivity index (χ4v) is 4.22. The normalized spacial score (nSPS) is 20.0. The quantitative estimate of drug-likeness (QED) is 0.299. The third kappa shape index (κ3) is 6.80. The Hall–Kier alpha value is -1.42. The Kier molecular flexibility index (Phi) is 10.3. The first-order chi connectivity index (χ1) is 14.1. The highest BCUT2D eigenvalue weighted by Crippen LogP contribution is 2.26. The number of benzene rings is 1. The molecule has 1 unspecified atom stereocenters. The summed E-state index contributed by atoms with van der Waals surface area (Å²) in [5.74, 6) is 0.820. The first-order valence-corrected chi connectivity index (χ1v) is 10.8. The van der Waals surface area contributed by atoms with E-state index in [-0.39, 0.29) is 48.1 Å². The van der Waals surface area contributed by atoms with Gasteiger partial charge in [-0.05, 0) is 43.9 Å². The van der Waals surface area contributed by atoms with E-state index in [0.717, 1.165) is 37.9 Å². The van der Waals surface area contributed by atoms with Gasteiger partial charge in [-0.2, -0.15) is 0 Å². The lowest BCUT2D eigenvalue weighted by Crippen LogP contribution is -2.45. The molecule has 1 atom stereocenters. The lowest BCUT2D eigenvalue weighted by atomic mass is 9.88. The smallest absolute Gasteiger partial charge is 0.225 e. The van der Waals surface area contributed by atoms with Crippen molar-refractivity contribution in [2.45, 2.75) is 64.6 Å². The monoisotopic (exact) mass is 532 g/mol. The van der Waals surface area contributed by atoms with Gasteiger partial charge in [-0.3, -0.25) is 4.79 Å². The number of likely N-dealkylation sites (tertiary alicyclic amines) is 1. The Labute approximate surface area is 195 Å². The number of aliphatic hydroxyl groups excluding tert-OH is 1. The number of hydrogen-bond acceptors (Lipinski definition) is 3. The predicted molar refractivity (Wildman–Crippen MR) is 127 cm³/mol. The van der Waals surface area contributed by atoms with Crippen LogP contribution in [0.15, 0.2) is 23.2 Å². The van der Waals surface area contributed by atoms with Gasteiger partial charge in [-0.15, -0.1) is 24.0 Å². The van der Waals surface area contributed by atoms with Gasteiger partial charge in [0.25, 0.3) is 0 Å². The molecule has 1 aromatic carbocycles. The molecule has 0 bridgehead atoms. The summed E-state index contributed by atoms with van der Waals surface area (Å²) in [5, 5.41) is 15.9. The minimum atomic E-state index is -0.404. The summed E-state index contributed by atoms with van der Waals surface area (Å²) in [5.41, 5.74) is 1.12. The van der Waals surface area contributed by atoms with E-state index in [0.29, 0.717) is 25.0 Å². The van der Waals surface area contributed by atoms with E-state index in [4.69, 9.17) is 0 Å². The third-order valence-corrected chi connectivity index (χ3v) is 5.84.